The summed E-state index contributed by atoms with van der Waals surface area (Å²) in [6.07, 6.45) is 0. The van der Waals surface area contributed by atoms with Crippen LogP contribution in [0.5, 0.6) is 0 Å². The normalized spacial score (nSPS) is 12.9. The summed E-state index contributed by atoms with van der Waals surface area (Å²) in [6.45, 7) is 2.28. The minimum absolute atomic E-state index is 0.436. The van der Waals surface area contributed by atoms with Gasteiger partial charge in [0.1, 0.15) is 0 Å². The van der Waals surface area contributed by atoms with Crippen molar-refractivity contribution in [3.63, 3.8) is 0 Å². The number of anilines is 3. The second kappa shape index (κ2) is 14.2. The van der Waals surface area contributed by atoms with E-state index in [9.17, 15) is 0 Å². The van der Waals surface area contributed by atoms with Crippen LogP contribution in [-0.2, 0) is 5.41 Å². The Morgan fingerprint density at radius 1 is 0.375 bits per heavy atom. The van der Waals surface area contributed by atoms with E-state index in [-0.39, 0.29) is 0 Å². The van der Waals surface area contributed by atoms with Crippen molar-refractivity contribution in [1.82, 2.24) is 4.57 Å². The minimum Gasteiger partial charge on any atom is -0.310 e. The number of hydrogen-bond acceptors (Lipinski definition) is 1. The van der Waals surface area contributed by atoms with E-state index in [1.807, 2.05) is 0 Å². The molecule has 2 heteroatoms. The summed E-state index contributed by atoms with van der Waals surface area (Å²) in [5.41, 5.74) is 23.1. The van der Waals surface area contributed by atoms with Gasteiger partial charge in [-0.05, 0) is 128 Å². The molecule has 1 aromatic heterocycles. The van der Waals surface area contributed by atoms with Gasteiger partial charge >= 0.3 is 0 Å². The van der Waals surface area contributed by atoms with E-state index in [0.29, 0.717) is 0 Å². The molecule has 0 N–H and O–H groups in total. The van der Waals surface area contributed by atoms with Crippen LogP contribution >= 0.6 is 0 Å². The summed E-state index contributed by atoms with van der Waals surface area (Å²) in [5.74, 6) is 0. The number of benzene rings is 10. The van der Waals surface area contributed by atoms with Gasteiger partial charge in [0.15, 0.2) is 0 Å². The summed E-state index contributed by atoms with van der Waals surface area (Å²) in [7, 11) is 0. The van der Waals surface area contributed by atoms with Crippen molar-refractivity contribution in [2.24, 2.45) is 0 Å². The molecule has 0 saturated heterocycles. The molecule has 300 valence electrons. The van der Waals surface area contributed by atoms with Crippen molar-refractivity contribution in [3.05, 3.63) is 264 Å². The molecule has 0 atom stereocenters. The maximum atomic E-state index is 2.51. The van der Waals surface area contributed by atoms with Crippen molar-refractivity contribution in [1.29, 1.82) is 0 Å². The fraction of sp³-hybridized carbons (Fsp3) is 0.0323. The number of aryl methyl sites for hydroxylation is 1. The Morgan fingerprint density at radius 3 is 1.62 bits per heavy atom. The van der Waals surface area contributed by atoms with Gasteiger partial charge in [0.25, 0.3) is 0 Å². The molecule has 0 saturated carbocycles. The molecule has 11 aromatic rings. The first-order valence-electron chi connectivity index (χ1n) is 22.3. The summed E-state index contributed by atoms with van der Waals surface area (Å²) < 4.78 is 2.40. The molecule has 0 fully saturated rings. The van der Waals surface area contributed by atoms with Gasteiger partial charge in [0.2, 0.25) is 0 Å². The Labute approximate surface area is 373 Å². The van der Waals surface area contributed by atoms with Crippen LogP contribution < -0.4 is 4.90 Å². The Kier molecular flexibility index (Phi) is 8.07. The average Bonchev–Trinajstić information content (AvgIpc) is 3.98. The molecule has 0 amide bonds. The van der Waals surface area contributed by atoms with Crippen LogP contribution in [0.25, 0.3) is 72.0 Å². The van der Waals surface area contributed by atoms with Gasteiger partial charge in [-0.25, -0.2) is 0 Å². The monoisotopic (exact) mass is 814 g/mol. The quantitative estimate of drug-likeness (QED) is 0.162. The number of nitrogens with zero attached hydrogens (tertiary/aromatic N) is 2. The molecule has 2 aliphatic rings. The average molecular weight is 815 g/mol. The lowest BCUT2D eigenvalue weighted by Gasteiger charge is -2.32. The first-order chi connectivity index (χ1) is 31.7. The molecule has 2 aliphatic carbocycles. The molecule has 0 radical (unpaired) electrons. The molecule has 0 bridgehead atoms. The number of aromatic nitrogens is 1. The molecule has 2 nitrogen and oxygen atoms in total. The fourth-order valence-corrected chi connectivity index (χ4v) is 11.3. The lowest BCUT2D eigenvalue weighted by Crippen LogP contribution is -2.26. The highest BCUT2D eigenvalue weighted by atomic mass is 15.1. The molecule has 1 heterocycles. The van der Waals surface area contributed by atoms with Gasteiger partial charge in [-0.15, -0.1) is 0 Å². The zero-order chi connectivity index (χ0) is 42.4. The zero-order valence-corrected chi connectivity index (χ0v) is 35.4. The van der Waals surface area contributed by atoms with E-state index < -0.39 is 5.41 Å². The van der Waals surface area contributed by atoms with Crippen molar-refractivity contribution in [2.75, 3.05) is 4.90 Å². The van der Waals surface area contributed by atoms with Crippen LogP contribution in [0.1, 0.15) is 27.8 Å². The van der Waals surface area contributed by atoms with Crippen LogP contribution in [0.15, 0.2) is 237 Å². The summed E-state index contributed by atoms with van der Waals surface area (Å²) in [5, 5.41) is 2.52. The predicted molar refractivity (Wildman–Crippen MR) is 267 cm³/mol. The first kappa shape index (κ1) is 36.5. The standard InChI is InChI=1S/C62H42N2/c1-41-40-44(47-26-16-32-58-60(47)51-25-11-15-31-57(51)64(58)45-20-6-3-7-21-45)36-39-56(41)63(46-37-34-43(35-38-46)42-18-4-2-5-19-42)59-33-17-30-55-61(59)50-24-10-14-29-54(50)62(55)52-27-12-8-22-48(52)49-23-9-13-28-53(49)62/h2-40H,1H3. The Balaban J connectivity index is 1.03. The molecule has 64 heavy (non-hydrogen) atoms. The molecule has 0 aliphatic heterocycles. The van der Waals surface area contributed by atoms with E-state index >= 15 is 0 Å². The number of rotatable bonds is 6. The molecule has 1 spiro atoms. The lowest BCUT2D eigenvalue weighted by atomic mass is 9.70. The highest BCUT2D eigenvalue weighted by Crippen LogP contribution is 2.64. The van der Waals surface area contributed by atoms with Gasteiger partial charge < -0.3 is 9.47 Å². The highest BCUT2D eigenvalue weighted by Gasteiger charge is 2.52. The molecule has 0 unspecified atom stereocenters. The summed E-state index contributed by atoms with van der Waals surface area (Å²) >= 11 is 0. The largest absolute Gasteiger partial charge is 0.310 e. The van der Waals surface area contributed by atoms with E-state index in [1.165, 1.54) is 99.8 Å². The third kappa shape index (κ3) is 5.14. The third-order valence-corrected chi connectivity index (χ3v) is 13.9. The molecular formula is C62H42N2. The van der Waals surface area contributed by atoms with Crippen molar-refractivity contribution in [3.8, 4) is 50.2 Å². The van der Waals surface area contributed by atoms with Crippen LogP contribution in [0.2, 0.25) is 0 Å². The Morgan fingerprint density at radius 2 is 0.906 bits per heavy atom. The smallest absolute Gasteiger partial charge is 0.0726 e. The second-order valence-electron chi connectivity index (χ2n) is 17.2. The van der Waals surface area contributed by atoms with E-state index in [0.717, 1.165) is 17.1 Å². The molecule has 13 rings (SSSR count). The topological polar surface area (TPSA) is 8.17 Å². The predicted octanol–water partition coefficient (Wildman–Crippen LogP) is 16.2. The third-order valence-electron chi connectivity index (χ3n) is 13.9. The van der Waals surface area contributed by atoms with E-state index in [4.69, 9.17) is 0 Å². The fourth-order valence-electron chi connectivity index (χ4n) is 11.3. The Bertz CT molecular complexity index is 3570. The molecular weight excluding hydrogens is 773 g/mol. The maximum Gasteiger partial charge on any atom is 0.0726 e. The van der Waals surface area contributed by atoms with Gasteiger partial charge in [-0.3, -0.25) is 0 Å². The number of fused-ring (bicyclic) bond motifs is 13. The summed E-state index contributed by atoms with van der Waals surface area (Å²) in [4.78, 5) is 2.51. The SMILES string of the molecule is Cc1cc(-c2cccc3c2c2ccccc2n3-c2ccccc2)ccc1N(c1ccc(-c2ccccc2)cc1)c1cccc2c1-c1ccccc1C21c2ccccc2-c2ccccc21. The minimum atomic E-state index is -0.436. The summed E-state index contributed by atoms with van der Waals surface area (Å²) in [6, 6.07) is 87.4. The van der Waals surface area contributed by atoms with E-state index in [2.05, 4.69) is 253 Å². The van der Waals surface area contributed by atoms with E-state index in [1.54, 1.807) is 0 Å². The Hall–Kier alpha value is -8.20. The van der Waals surface area contributed by atoms with Crippen LogP contribution in [0.4, 0.5) is 17.1 Å². The first-order valence-corrected chi connectivity index (χ1v) is 22.3. The van der Waals surface area contributed by atoms with Crippen LogP contribution in [0.3, 0.4) is 0 Å². The molecule has 10 aromatic carbocycles. The highest BCUT2D eigenvalue weighted by molar-refractivity contribution is 6.16. The van der Waals surface area contributed by atoms with Crippen molar-refractivity contribution < 1.29 is 0 Å². The maximum absolute atomic E-state index is 2.51. The van der Waals surface area contributed by atoms with Gasteiger partial charge in [-0.2, -0.15) is 0 Å². The zero-order valence-electron chi connectivity index (χ0n) is 35.4. The van der Waals surface area contributed by atoms with Crippen LogP contribution in [0, 0.1) is 6.92 Å². The van der Waals surface area contributed by atoms with Gasteiger partial charge in [0, 0.05) is 33.4 Å². The van der Waals surface area contributed by atoms with Crippen molar-refractivity contribution in [2.45, 2.75) is 12.3 Å². The lowest BCUT2D eigenvalue weighted by molar-refractivity contribution is 0.794. The number of para-hydroxylation sites is 2. The van der Waals surface area contributed by atoms with Gasteiger partial charge in [0.05, 0.1) is 22.1 Å². The number of hydrogen-bond donors (Lipinski definition) is 0. The van der Waals surface area contributed by atoms with Crippen molar-refractivity contribution >= 4 is 38.9 Å². The second-order valence-corrected chi connectivity index (χ2v) is 17.2. The van der Waals surface area contributed by atoms with Crippen LogP contribution in [-0.4, -0.2) is 4.57 Å². The van der Waals surface area contributed by atoms with Gasteiger partial charge in [-0.1, -0.05) is 182 Å².